The van der Waals surface area contributed by atoms with E-state index in [9.17, 15) is 9.59 Å². The second kappa shape index (κ2) is 12.3. The van der Waals surface area contributed by atoms with Crippen molar-refractivity contribution < 1.29 is 19.1 Å². The summed E-state index contributed by atoms with van der Waals surface area (Å²) in [6.07, 6.45) is 0. The van der Waals surface area contributed by atoms with Gasteiger partial charge in [-0.3, -0.25) is 0 Å². The highest BCUT2D eigenvalue weighted by atomic mass is 16.5. The van der Waals surface area contributed by atoms with Gasteiger partial charge in [0.2, 0.25) is 0 Å². The summed E-state index contributed by atoms with van der Waals surface area (Å²) in [4.78, 5) is 26.8. The predicted molar refractivity (Wildman–Crippen MR) is 202 cm³/mol. The van der Waals surface area contributed by atoms with Crippen LogP contribution in [-0.4, -0.2) is 11.9 Å². The number of carbonyl (C=O) groups is 2. The monoisotopic (exact) mass is 658 g/mol. The van der Waals surface area contributed by atoms with Crippen LogP contribution in [0.4, 0.5) is 0 Å². The van der Waals surface area contributed by atoms with Crippen molar-refractivity contribution in [1.82, 2.24) is 0 Å². The zero-order chi connectivity index (χ0) is 34.4. The molecule has 8 aromatic carbocycles. The maximum Gasteiger partial charge on any atom is 0.344 e. The standard InChI is InChI=1S/C47H30O4/c48-45(41-19-9-13-31-11-1-3-15-37(31)41)50-35-27-23-33(24-28-35)47(43-21-7-5-17-39(43)40-18-6-8-22-44(40)47)34-25-29-36(30-26-34)51-46(49)42-20-10-14-32-12-2-4-16-38(32)42/h1-30H. The highest BCUT2D eigenvalue weighted by molar-refractivity contribution is 6.06. The van der Waals surface area contributed by atoms with Crippen LogP contribution in [0, 0.1) is 0 Å². The number of carbonyl (C=O) groups excluding carboxylic acids is 2. The largest absolute Gasteiger partial charge is 0.423 e. The first-order chi connectivity index (χ1) is 25.1. The van der Waals surface area contributed by atoms with Crippen LogP contribution in [0.15, 0.2) is 182 Å². The molecule has 0 saturated heterocycles. The van der Waals surface area contributed by atoms with Crippen LogP contribution in [0.2, 0.25) is 0 Å². The fourth-order valence-electron chi connectivity index (χ4n) is 7.70. The topological polar surface area (TPSA) is 52.6 Å². The summed E-state index contributed by atoms with van der Waals surface area (Å²) in [5.74, 6) is 0.114. The molecule has 1 aliphatic carbocycles. The fraction of sp³-hybridized carbons (Fsp3) is 0.0213. The summed E-state index contributed by atoms with van der Waals surface area (Å²) >= 11 is 0. The van der Waals surface area contributed by atoms with Crippen molar-refractivity contribution in [2.45, 2.75) is 5.41 Å². The summed E-state index contributed by atoms with van der Waals surface area (Å²) in [5.41, 5.74) is 7.01. The molecule has 0 unspecified atom stereocenters. The van der Waals surface area contributed by atoms with Crippen molar-refractivity contribution in [3.05, 3.63) is 215 Å². The van der Waals surface area contributed by atoms with Gasteiger partial charge in [0.1, 0.15) is 11.5 Å². The van der Waals surface area contributed by atoms with Gasteiger partial charge in [0, 0.05) is 0 Å². The Labute approximate surface area is 295 Å². The Kier molecular flexibility index (Phi) is 7.29. The van der Waals surface area contributed by atoms with E-state index in [0.717, 1.165) is 54.9 Å². The smallest absolute Gasteiger partial charge is 0.344 e. The quantitative estimate of drug-likeness (QED) is 0.132. The van der Waals surface area contributed by atoms with Gasteiger partial charge in [-0.2, -0.15) is 0 Å². The van der Waals surface area contributed by atoms with E-state index in [0.29, 0.717) is 22.6 Å². The third kappa shape index (κ3) is 5.00. The van der Waals surface area contributed by atoms with Gasteiger partial charge in [0.25, 0.3) is 0 Å². The average molecular weight is 659 g/mol. The summed E-state index contributed by atoms with van der Waals surface area (Å²) in [6.45, 7) is 0. The molecule has 8 aromatic rings. The molecule has 0 atom stereocenters. The van der Waals surface area contributed by atoms with Crippen LogP contribution in [0.3, 0.4) is 0 Å². The fourth-order valence-corrected chi connectivity index (χ4v) is 7.70. The lowest BCUT2D eigenvalue weighted by atomic mass is 9.68. The van der Waals surface area contributed by atoms with E-state index in [1.54, 1.807) is 12.1 Å². The van der Waals surface area contributed by atoms with Crippen molar-refractivity contribution in [3.63, 3.8) is 0 Å². The number of rotatable bonds is 6. The van der Waals surface area contributed by atoms with Gasteiger partial charge in [-0.25, -0.2) is 9.59 Å². The Morgan fingerprint density at radius 2 is 0.745 bits per heavy atom. The van der Waals surface area contributed by atoms with Crippen molar-refractivity contribution in [1.29, 1.82) is 0 Å². The molecule has 0 N–H and O–H groups in total. The first-order valence-electron chi connectivity index (χ1n) is 16.9. The summed E-state index contributed by atoms with van der Waals surface area (Å²) < 4.78 is 11.9. The van der Waals surface area contributed by atoms with Crippen molar-refractivity contribution >= 4 is 33.5 Å². The van der Waals surface area contributed by atoms with E-state index in [1.165, 1.54) is 0 Å². The average Bonchev–Trinajstić information content (AvgIpc) is 3.49. The predicted octanol–water partition coefficient (Wildman–Crippen LogP) is 10.8. The number of fused-ring (bicyclic) bond motifs is 5. The van der Waals surface area contributed by atoms with Crippen LogP contribution in [0.1, 0.15) is 43.0 Å². The molecule has 1 aliphatic rings. The lowest BCUT2D eigenvalue weighted by molar-refractivity contribution is 0.0727. The van der Waals surface area contributed by atoms with Crippen LogP contribution in [-0.2, 0) is 5.41 Å². The van der Waals surface area contributed by atoms with Crippen molar-refractivity contribution in [2.24, 2.45) is 0 Å². The Balaban J connectivity index is 1.09. The molecule has 4 heteroatoms. The van der Waals surface area contributed by atoms with Gasteiger partial charge in [0.05, 0.1) is 16.5 Å². The van der Waals surface area contributed by atoms with Crippen molar-refractivity contribution in [2.75, 3.05) is 0 Å². The van der Waals surface area contributed by atoms with Gasteiger partial charge >= 0.3 is 11.9 Å². The molecule has 0 amide bonds. The second-order valence-corrected chi connectivity index (χ2v) is 12.7. The highest BCUT2D eigenvalue weighted by Crippen LogP contribution is 2.56. The first kappa shape index (κ1) is 30.3. The minimum Gasteiger partial charge on any atom is -0.423 e. The Hall–Kier alpha value is -6.78. The molecule has 4 nitrogen and oxygen atoms in total. The molecular weight excluding hydrogens is 629 g/mol. The Bertz CT molecular complexity index is 2420. The number of ether oxygens (including phenoxy) is 2. The molecule has 51 heavy (non-hydrogen) atoms. The van der Waals surface area contributed by atoms with E-state index in [4.69, 9.17) is 9.47 Å². The summed E-state index contributed by atoms with van der Waals surface area (Å²) in [7, 11) is 0. The number of hydrogen-bond donors (Lipinski definition) is 0. The van der Waals surface area contributed by atoms with E-state index < -0.39 is 17.4 Å². The maximum absolute atomic E-state index is 13.4. The van der Waals surface area contributed by atoms with Crippen molar-refractivity contribution in [3.8, 4) is 22.6 Å². The van der Waals surface area contributed by atoms with Crippen LogP contribution in [0.25, 0.3) is 32.7 Å². The second-order valence-electron chi connectivity index (χ2n) is 12.7. The Morgan fingerprint density at radius 1 is 0.373 bits per heavy atom. The molecule has 0 bridgehead atoms. The maximum atomic E-state index is 13.4. The van der Waals surface area contributed by atoms with E-state index in [2.05, 4.69) is 48.5 Å². The minimum atomic E-state index is -0.677. The molecule has 0 fully saturated rings. The molecule has 0 aromatic heterocycles. The van der Waals surface area contributed by atoms with Crippen LogP contribution >= 0.6 is 0 Å². The van der Waals surface area contributed by atoms with Gasteiger partial charge < -0.3 is 9.47 Å². The van der Waals surface area contributed by atoms with E-state index in [1.807, 2.05) is 121 Å². The van der Waals surface area contributed by atoms with Gasteiger partial charge in [0.15, 0.2) is 0 Å². The zero-order valence-corrected chi connectivity index (χ0v) is 27.5. The number of esters is 2. The van der Waals surface area contributed by atoms with Crippen LogP contribution < -0.4 is 9.47 Å². The molecule has 0 aliphatic heterocycles. The molecule has 0 heterocycles. The zero-order valence-electron chi connectivity index (χ0n) is 27.5. The lowest BCUT2D eigenvalue weighted by Crippen LogP contribution is -2.28. The molecule has 0 spiro atoms. The number of benzene rings is 8. The van der Waals surface area contributed by atoms with Gasteiger partial charge in [-0.1, -0.05) is 146 Å². The summed E-state index contributed by atoms with van der Waals surface area (Å²) in [6, 6.07) is 59.5. The third-order valence-corrected chi connectivity index (χ3v) is 9.97. The van der Waals surface area contributed by atoms with E-state index >= 15 is 0 Å². The molecule has 0 radical (unpaired) electrons. The van der Waals surface area contributed by atoms with Gasteiger partial charge in [-0.05, 0) is 91.3 Å². The molecule has 9 rings (SSSR count). The van der Waals surface area contributed by atoms with Crippen LogP contribution in [0.5, 0.6) is 11.5 Å². The first-order valence-corrected chi connectivity index (χ1v) is 16.9. The summed E-state index contributed by atoms with van der Waals surface area (Å²) in [5, 5.41) is 3.67. The molecule has 242 valence electrons. The lowest BCUT2D eigenvalue weighted by Gasteiger charge is -2.34. The SMILES string of the molecule is O=C(Oc1ccc(C2(c3ccc(OC(=O)c4cccc5ccccc45)cc3)c3ccccc3-c3ccccc32)cc1)c1cccc2ccccc12. The Morgan fingerprint density at radius 3 is 1.20 bits per heavy atom. The van der Waals surface area contributed by atoms with Gasteiger partial charge in [-0.15, -0.1) is 0 Å². The normalized spacial score (nSPS) is 12.6. The minimum absolute atomic E-state index is 0.403. The number of hydrogen-bond acceptors (Lipinski definition) is 4. The molecular formula is C47H30O4. The third-order valence-electron chi connectivity index (χ3n) is 9.97. The molecule has 0 saturated carbocycles. The highest BCUT2D eigenvalue weighted by Gasteiger charge is 2.45. The van der Waals surface area contributed by atoms with E-state index in [-0.39, 0.29) is 0 Å².